The van der Waals surface area contributed by atoms with E-state index in [0.717, 1.165) is 37.1 Å². The lowest BCUT2D eigenvalue weighted by Gasteiger charge is -2.34. The Morgan fingerprint density at radius 3 is 2.75 bits per heavy atom. The minimum Gasteiger partial charge on any atom is -0.312 e. The molecule has 1 N–H and O–H groups in total. The number of sulfonamides is 1. The van der Waals surface area contributed by atoms with Crippen molar-refractivity contribution >= 4 is 33.0 Å². The van der Waals surface area contributed by atoms with Crippen molar-refractivity contribution in [1.29, 1.82) is 0 Å². The molecule has 112 valence electrons. The molecule has 3 rings (SSSR count). The number of rotatable bonds is 5. The van der Waals surface area contributed by atoms with Gasteiger partial charge in [-0.05, 0) is 37.8 Å². The Morgan fingerprint density at radius 1 is 1.30 bits per heavy atom. The molecule has 0 aromatic carbocycles. The summed E-state index contributed by atoms with van der Waals surface area (Å²) in [5.41, 5.74) is 0. The second-order valence-corrected chi connectivity index (χ2v) is 9.34. The van der Waals surface area contributed by atoms with Gasteiger partial charge < -0.3 is 5.32 Å². The zero-order chi connectivity index (χ0) is 14.2. The average molecular weight is 335 g/mol. The zero-order valence-corrected chi connectivity index (χ0v) is 13.6. The molecule has 0 spiro atoms. The Balaban J connectivity index is 1.77. The fraction of sp³-hybridized carbons (Fsp3) is 0.692. The van der Waals surface area contributed by atoms with Gasteiger partial charge in [-0.15, -0.1) is 11.3 Å². The van der Waals surface area contributed by atoms with Gasteiger partial charge in [0, 0.05) is 25.2 Å². The molecule has 2 fully saturated rings. The fourth-order valence-electron chi connectivity index (χ4n) is 2.64. The first-order valence-corrected chi connectivity index (χ1v) is 9.71. The lowest BCUT2D eigenvalue weighted by atomic mass is 10.1. The summed E-state index contributed by atoms with van der Waals surface area (Å²) in [6, 6.07) is 3.95. The van der Waals surface area contributed by atoms with Crippen LogP contribution in [0.1, 0.15) is 32.1 Å². The largest absolute Gasteiger partial charge is 0.312 e. The molecule has 7 heteroatoms. The topological polar surface area (TPSA) is 49.4 Å². The first kappa shape index (κ1) is 14.8. The van der Waals surface area contributed by atoms with E-state index < -0.39 is 10.0 Å². The van der Waals surface area contributed by atoms with Crippen molar-refractivity contribution in [3.05, 3.63) is 16.5 Å². The minimum atomic E-state index is -3.39. The van der Waals surface area contributed by atoms with Gasteiger partial charge in [0.1, 0.15) is 4.21 Å². The van der Waals surface area contributed by atoms with E-state index in [1.54, 1.807) is 16.4 Å². The molecule has 20 heavy (non-hydrogen) atoms. The first-order chi connectivity index (χ1) is 9.57. The molecule has 0 amide bonds. The van der Waals surface area contributed by atoms with Crippen LogP contribution in [-0.4, -0.2) is 37.9 Å². The van der Waals surface area contributed by atoms with Crippen LogP contribution in [0.2, 0.25) is 4.34 Å². The molecule has 1 unspecified atom stereocenters. The summed E-state index contributed by atoms with van der Waals surface area (Å²) in [5, 5.41) is 3.46. The van der Waals surface area contributed by atoms with E-state index in [0.29, 0.717) is 21.1 Å². The normalized spacial score (nSPS) is 24.9. The van der Waals surface area contributed by atoms with Crippen LogP contribution in [0, 0.1) is 0 Å². The number of piperidine rings is 1. The molecule has 0 radical (unpaired) electrons. The second kappa shape index (κ2) is 5.93. The van der Waals surface area contributed by atoms with Gasteiger partial charge in [0.15, 0.2) is 0 Å². The minimum absolute atomic E-state index is 0.0789. The highest BCUT2D eigenvalue weighted by atomic mass is 35.5. The Bertz CT molecular complexity index is 569. The lowest BCUT2D eigenvalue weighted by molar-refractivity contribution is 0.245. The van der Waals surface area contributed by atoms with Crippen molar-refractivity contribution in [1.82, 2.24) is 9.62 Å². The van der Waals surface area contributed by atoms with Crippen LogP contribution >= 0.6 is 22.9 Å². The Morgan fingerprint density at radius 2 is 2.10 bits per heavy atom. The highest BCUT2D eigenvalue weighted by Crippen LogP contribution is 2.31. The van der Waals surface area contributed by atoms with Crippen LogP contribution in [0.3, 0.4) is 0 Å². The SMILES string of the molecule is O=S(=O)(c1ccc(Cl)s1)N1CCCCC1CNC1CC1. The van der Waals surface area contributed by atoms with E-state index in [2.05, 4.69) is 5.32 Å². The van der Waals surface area contributed by atoms with Gasteiger partial charge in [-0.3, -0.25) is 0 Å². The Kier molecular flexibility index (Phi) is 4.38. The van der Waals surface area contributed by atoms with Crippen molar-refractivity contribution in [3.8, 4) is 0 Å². The Labute approximate surface area is 129 Å². The molecule has 1 atom stereocenters. The van der Waals surface area contributed by atoms with Crippen LogP contribution in [0.4, 0.5) is 0 Å². The highest BCUT2D eigenvalue weighted by molar-refractivity contribution is 7.91. The number of thiophene rings is 1. The van der Waals surface area contributed by atoms with Crippen molar-refractivity contribution in [3.63, 3.8) is 0 Å². The van der Waals surface area contributed by atoms with Gasteiger partial charge in [0.25, 0.3) is 10.0 Å². The maximum Gasteiger partial charge on any atom is 0.252 e. The molecule has 1 saturated carbocycles. The molecule has 1 saturated heterocycles. The molecule has 2 aliphatic rings. The molecular weight excluding hydrogens is 316 g/mol. The third-order valence-corrected chi connectivity index (χ3v) is 7.55. The molecule has 1 aliphatic heterocycles. The molecule has 1 aromatic heterocycles. The van der Waals surface area contributed by atoms with Crippen LogP contribution in [0.15, 0.2) is 16.3 Å². The maximum absolute atomic E-state index is 12.7. The van der Waals surface area contributed by atoms with Gasteiger partial charge in [0.05, 0.1) is 4.34 Å². The monoisotopic (exact) mass is 334 g/mol. The van der Waals surface area contributed by atoms with Crippen molar-refractivity contribution < 1.29 is 8.42 Å². The summed E-state index contributed by atoms with van der Waals surface area (Å²) < 4.78 is 28.0. The van der Waals surface area contributed by atoms with Gasteiger partial charge in [-0.25, -0.2) is 8.42 Å². The summed E-state index contributed by atoms with van der Waals surface area (Å²) in [6.07, 6.45) is 5.44. The summed E-state index contributed by atoms with van der Waals surface area (Å²) in [7, 11) is -3.39. The standard InChI is InChI=1S/C13H19ClN2O2S2/c14-12-6-7-13(19-12)20(17,18)16-8-2-1-3-11(16)9-15-10-4-5-10/h6-7,10-11,15H,1-5,8-9H2. The molecule has 2 heterocycles. The summed E-state index contributed by atoms with van der Waals surface area (Å²) >= 11 is 7.02. The molecule has 1 aliphatic carbocycles. The number of nitrogens with zero attached hydrogens (tertiary/aromatic N) is 1. The van der Waals surface area contributed by atoms with Crippen LogP contribution in [0.25, 0.3) is 0 Å². The van der Waals surface area contributed by atoms with E-state index >= 15 is 0 Å². The fourth-order valence-corrected chi connectivity index (χ4v) is 5.94. The second-order valence-electron chi connectivity index (χ2n) is 5.51. The number of halogens is 1. The summed E-state index contributed by atoms with van der Waals surface area (Å²) in [5.74, 6) is 0. The quantitative estimate of drug-likeness (QED) is 0.900. The van der Waals surface area contributed by atoms with E-state index in [1.807, 2.05) is 0 Å². The van der Waals surface area contributed by atoms with Gasteiger partial charge >= 0.3 is 0 Å². The molecule has 4 nitrogen and oxygen atoms in total. The van der Waals surface area contributed by atoms with Crippen molar-refractivity contribution in [2.24, 2.45) is 0 Å². The van der Waals surface area contributed by atoms with Crippen LogP contribution in [0.5, 0.6) is 0 Å². The van der Waals surface area contributed by atoms with Gasteiger partial charge in [0.2, 0.25) is 0 Å². The predicted molar refractivity (Wildman–Crippen MR) is 81.9 cm³/mol. The van der Waals surface area contributed by atoms with Crippen molar-refractivity contribution in [2.75, 3.05) is 13.1 Å². The van der Waals surface area contributed by atoms with E-state index in [4.69, 9.17) is 11.6 Å². The third kappa shape index (κ3) is 3.20. The zero-order valence-electron chi connectivity index (χ0n) is 11.2. The predicted octanol–water partition coefficient (Wildman–Crippen LogP) is 2.70. The average Bonchev–Trinajstić information content (AvgIpc) is 3.16. The molecule has 1 aromatic rings. The third-order valence-electron chi connectivity index (χ3n) is 3.90. The highest BCUT2D eigenvalue weighted by Gasteiger charge is 2.35. The van der Waals surface area contributed by atoms with Crippen LogP contribution < -0.4 is 5.32 Å². The van der Waals surface area contributed by atoms with Gasteiger partial charge in [-0.1, -0.05) is 18.0 Å². The van der Waals surface area contributed by atoms with E-state index in [1.165, 1.54) is 12.8 Å². The van der Waals surface area contributed by atoms with Crippen LogP contribution in [-0.2, 0) is 10.0 Å². The number of hydrogen-bond donors (Lipinski definition) is 1. The van der Waals surface area contributed by atoms with Gasteiger partial charge in [-0.2, -0.15) is 4.31 Å². The molecule has 0 bridgehead atoms. The summed E-state index contributed by atoms with van der Waals surface area (Å²) in [4.78, 5) is 0. The lowest BCUT2D eigenvalue weighted by Crippen LogP contribution is -2.48. The first-order valence-electron chi connectivity index (χ1n) is 7.08. The summed E-state index contributed by atoms with van der Waals surface area (Å²) in [6.45, 7) is 1.39. The number of hydrogen-bond acceptors (Lipinski definition) is 4. The Hall–Kier alpha value is -0.140. The number of nitrogens with one attached hydrogen (secondary N) is 1. The maximum atomic E-state index is 12.7. The van der Waals surface area contributed by atoms with E-state index in [-0.39, 0.29) is 6.04 Å². The van der Waals surface area contributed by atoms with Crippen molar-refractivity contribution in [2.45, 2.75) is 48.4 Å². The smallest absolute Gasteiger partial charge is 0.252 e. The van der Waals surface area contributed by atoms with E-state index in [9.17, 15) is 8.42 Å². The molecular formula is C13H19ClN2O2S2.